The molecule has 5 heteroatoms. The fourth-order valence-electron chi connectivity index (χ4n) is 2.13. The number of aliphatic hydroxyl groups excluding tert-OH is 1. The van der Waals surface area contributed by atoms with Gasteiger partial charge in [-0.1, -0.05) is 42.5 Å². The van der Waals surface area contributed by atoms with Crippen molar-refractivity contribution in [2.75, 3.05) is 6.54 Å². The van der Waals surface area contributed by atoms with E-state index in [2.05, 4.69) is 10.6 Å². The third-order valence-electron chi connectivity index (χ3n) is 3.37. The largest absolute Gasteiger partial charge is 0.392 e. The van der Waals surface area contributed by atoms with Crippen molar-refractivity contribution in [3.05, 3.63) is 71.0 Å². The minimum absolute atomic E-state index is 0.0627. The van der Waals surface area contributed by atoms with E-state index in [1.54, 1.807) is 18.2 Å². The predicted octanol–water partition coefficient (Wildman–Crippen LogP) is 2.36. The Morgan fingerprint density at radius 3 is 2.27 bits per heavy atom. The van der Waals surface area contributed by atoms with Gasteiger partial charge in [-0.05, 0) is 29.2 Å². The Hall–Kier alpha value is -2.40. The molecule has 0 aliphatic rings. The summed E-state index contributed by atoms with van der Waals surface area (Å²) >= 11 is 0. The Morgan fingerprint density at radius 1 is 0.955 bits per heavy atom. The molecule has 0 aliphatic carbocycles. The van der Waals surface area contributed by atoms with Crippen LogP contribution in [0.2, 0.25) is 0 Å². The van der Waals surface area contributed by atoms with Gasteiger partial charge in [-0.25, -0.2) is 9.18 Å². The van der Waals surface area contributed by atoms with Crippen molar-refractivity contribution in [2.24, 2.45) is 0 Å². The van der Waals surface area contributed by atoms with Crippen molar-refractivity contribution in [3.63, 3.8) is 0 Å². The van der Waals surface area contributed by atoms with Crippen LogP contribution in [0.3, 0.4) is 0 Å². The summed E-state index contributed by atoms with van der Waals surface area (Å²) in [6, 6.07) is 13.5. The number of carbonyl (C=O) groups is 1. The van der Waals surface area contributed by atoms with Gasteiger partial charge >= 0.3 is 6.03 Å². The fourth-order valence-corrected chi connectivity index (χ4v) is 2.13. The van der Waals surface area contributed by atoms with Gasteiger partial charge in [0, 0.05) is 13.1 Å². The number of aliphatic hydroxyl groups is 1. The molecule has 3 N–H and O–H groups in total. The molecule has 116 valence electrons. The van der Waals surface area contributed by atoms with Crippen LogP contribution in [-0.4, -0.2) is 17.7 Å². The van der Waals surface area contributed by atoms with E-state index in [4.69, 9.17) is 0 Å². The molecule has 0 atom stereocenters. The van der Waals surface area contributed by atoms with Gasteiger partial charge in [0.2, 0.25) is 0 Å². The number of carbonyl (C=O) groups excluding carboxylic acids is 1. The summed E-state index contributed by atoms with van der Waals surface area (Å²) in [6.45, 7) is 0.628. The zero-order valence-corrected chi connectivity index (χ0v) is 12.2. The van der Waals surface area contributed by atoms with E-state index < -0.39 is 0 Å². The van der Waals surface area contributed by atoms with Crippen LogP contribution in [0.1, 0.15) is 16.7 Å². The Balaban J connectivity index is 1.75. The summed E-state index contributed by atoms with van der Waals surface area (Å²) in [5.74, 6) is -0.262. The van der Waals surface area contributed by atoms with Crippen molar-refractivity contribution in [2.45, 2.75) is 19.6 Å². The molecule has 0 heterocycles. The number of nitrogens with one attached hydrogen (secondary N) is 2. The minimum Gasteiger partial charge on any atom is -0.392 e. The van der Waals surface area contributed by atoms with Crippen molar-refractivity contribution in [3.8, 4) is 0 Å². The standard InChI is InChI=1S/C17H19FN2O2/c18-16-8-4-3-5-13(16)9-10-19-17(22)20-11-14-6-1-2-7-15(14)12-21/h1-8,21H,9-12H2,(H2,19,20,22). The third kappa shape index (κ3) is 4.56. The molecular formula is C17H19FN2O2. The molecule has 0 aliphatic heterocycles. The zero-order valence-electron chi connectivity index (χ0n) is 12.2. The summed E-state index contributed by atoms with van der Waals surface area (Å²) in [6.07, 6.45) is 0.438. The van der Waals surface area contributed by atoms with Gasteiger partial charge in [0.15, 0.2) is 0 Å². The number of hydrogen-bond donors (Lipinski definition) is 3. The highest BCUT2D eigenvalue weighted by Gasteiger charge is 2.05. The molecule has 2 rings (SSSR count). The summed E-state index contributed by atoms with van der Waals surface area (Å²) in [5, 5.41) is 14.6. The molecule has 0 bridgehead atoms. The van der Waals surface area contributed by atoms with Gasteiger partial charge in [-0.3, -0.25) is 0 Å². The topological polar surface area (TPSA) is 61.4 Å². The summed E-state index contributed by atoms with van der Waals surface area (Å²) < 4.78 is 13.4. The van der Waals surface area contributed by atoms with Gasteiger partial charge in [-0.2, -0.15) is 0 Å². The van der Waals surface area contributed by atoms with E-state index >= 15 is 0 Å². The Morgan fingerprint density at radius 2 is 1.59 bits per heavy atom. The second-order valence-electron chi connectivity index (χ2n) is 4.88. The Labute approximate surface area is 129 Å². The van der Waals surface area contributed by atoms with Gasteiger partial charge in [-0.15, -0.1) is 0 Å². The lowest BCUT2D eigenvalue weighted by Gasteiger charge is -2.10. The van der Waals surface area contributed by atoms with Gasteiger partial charge in [0.1, 0.15) is 5.82 Å². The van der Waals surface area contributed by atoms with Crippen LogP contribution in [0.15, 0.2) is 48.5 Å². The lowest BCUT2D eigenvalue weighted by atomic mass is 10.1. The van der Waals surface area contributed by atoms with E-state index in [0.29, 0.717) is 25.1 Å². The molecule has 0 fully saturated rings. The molecule has 2 amide bonds. The number of urea groups is 1. The van der Waals surface area contributed by atoms with Crippen molar-refractivity contribution in [1.29, 1.82) is 0 Å². The van der Waals surface area contributed by atoms with E-state index in [-0.39, 0.29) is 18.5 Å². The van der Waals surface area contributed by atoms with Crippen LogP contribution in [0, 0.1) is 5.82 Å². The average molecular weight is 302 g/mol. The zero-order chi connectivity index (χ0) is 15.8. The normalized spacial score (nSPS) is 10.3. The van der Waals surface area contributed by atoms with Crippen LogP contribution in [0.5, 0.6) is 0 Å². The molecule has 0 saturated heterocycles. The number of amides is 2. The van der Waals surface area contributed by atoms with Crippen molar-refractivity contribution < 1.29 is 14.3 Å². The Kier molecular flexibility index (Phi) is 5.91. The molecule has 22 heavy (non-hydrogen) atoms. The van der Waals surface area contributed by atoms with Crippen LogP contribution in [-0.2, 0) is 19.6 Å². The lowest BCUT2D eigenvalue weighted by Crippen LogP contribution is -2.36. The second-order valence-corrected chi connectivity index (χ2v) is 4.88. The highest BCUT2D eigenvalue weighted by Crippen LogP contribution is 2.08. The van der Waals surface area contributed by atoms with E-state index in [9.17, 15) is 14.3 Å². The first-order valence-electron chi connectivity index (χ1n) is 7.13. The number of halogens is 1. The van der Waals surface area contributed by atoms with E-state index in [1.807, 2.05) is 24.3 Å². The summed E-state index contributed by atoms with van der Waals surface area (Å²) in [4.78, 5) is 11.7. The van der Waals surface area contributed by atoms with Crippen LogP contribution < -0.4 is 10.6 Å². The fraction of sp³-hybridized carbons (Fsp3) is 0.235. The highest BCUT2D eigenvalue weighted by molar-refractivity contribution is 5.73. The maximum absolute atomic E-state index is 13.4. The van der Waals surface area contributed by atoms with Crippen LogP contribution in [0.4, 0.5) is 9.18 Å². The Bertz CT molecular complexity index is 632. The van der Waals surface area contributed by atoms with E-state index in [0.717, 1.165) is 11.1 Å². The number of hydrogen-bond acceptors (Lipinski definition) is 2. The first-order chi connectivity index (χ1) is 10.7. The molecule has 0 unspecified atom stereocenters. The number of rotatable bonds is 6. The van der Waals surface area contributed by atoms with Gasteiger partial charge < -0.3 is 15.7 Å². The van der Waals surface area contributed by atoms with Crippen LogP contribution in [0.25, 0.3) is 0 Å². The summed E-state index contributed by atoms with van der Waals surface area (Å²) in [7, 11) is 0. The second kappa shape index (κ2) is 8.14. The molecule has 2 aromatic rings. The smallest absolute Gasteiger partial charge is 0.315 e. The molecule has 0 spiro atoms. The average Bonchev–Trinajstić information content (AvgIpc) is 2.55. The quantitative estimate of drug-likeness (QED) is 0.767. The maximum Gasteiger partial charge on any atom is 0.315 e. The van der Waals surface area contributed by atoms with Gasteiger partial charge in [0.25, 0.3) is 0 Å². The highest BCUT2D eigenvalue weighted by atomic mass is 19.1. The monoisotopic (exact) mass is 302 g/mol. The molecule has 4 nitrogen and oxygen atoms in total. The molecule has 0 aromatic heterocycles. The first-order valence-corrected chi connectivity index (χ1v) is 7.13. The maximum atomic E-state index is 13.4. The predicted molar refractivity (Wildman–Crippen MR) is 82.7 cm³/mol. The molecule has 2 aromatic carbocycles. The molecule has 0 radical (unpaired) electrons. The minimum atomic E-state index is -0.316. The molecule has 0 saturated carbocycles. The number of benzene rings is 2. The van der Waals surface area contributed by atoms with Crippen molar-refractivity contribution >= 4 is 6.03 Å². The van der Waals surface area contributed by atoms with E-state index in [1.165, 1.54) is 6.07 Å². The van der Waals surface area contributed by atoms with Crippen LogP contribution >= 0.6 is 0 Å². The van der Waals surface area contributed by atoms with Gasteiger partial charge in [0.05, 0.1) is 6.61 Å². The first kappa shape index (κ1) is 16.0. The SMILES string of the molecule is O=C(NCCc1ccccc1F)NCc1ccccc1CO. The third-order valence-corrected chi connectivity index (χ3v) is 3.37. The van der Waals surface area contributed by atoms with Crippen molar-refractivity contribution in [1.82, 2.24) is 10.6 Å². The summed E-state index contributed by atoms with van der Waals surface area (Å²) in [5.41, 5.74) is 2.23. The molecular weight excluding hydrogens is 283 g/mol. The lowest BCUT2D eigenvalue weighted by molar-refractivity contribution is 0.240.